The minimum Gasteiger partial charge on any atom is -0.156 e. The Hall–Kier alpha value is -0.750. The fourth-order valence-corrected chi connectivity index (χ4v) is 2.92. The molecule has 8 heteroatoms. The minimum absolute atomic E-state index is 0.222. The Bertz CT molecular complexity index is 509. The molecule has 0 amide bonds. The van der Waals surface area contributed by atoms with Crippen molar-refractivity contribution in [3.05, 3.63) is 10.0 Å². The molecular weight excluding hydrogens is 250 g/mol. The molecule has 0 aliphatic rings. The summed E-state index contributed by atoms with van der Waals surface area (Å²) in [6.07, 6.45) is 0.914. The third-order valence-corrected chi connectivity index (χ3v) is 4.37. The van der Waals surface area contributed by atoms with E-state index in [1.807, 2.05) is 0 Å². The van der Waals surface area contributed by atoms with E-state index in [-0.39, 0.29) is 5.31 Å². The van der Waals surface area contributed by atoms with E-state index in [9.17, 15) is 0 Å². The molecule has 2 aromatic rings. The zero-order valence-corrected chi connectivity index (χ0v) is 11.6. The Morgan fingerprint density at radius 1 is 1.18 bits per heavy atom. The fraction of sp³-hybridized carbons (Fsp3) is 0.556. The maximum atomic E-state index is 5.60. The predicted molar refractivity (Wildman–Crippen MR) is 73.0 cm³/mol. The van der Waals surface area contributed by atoms with E-state index in [4.69, 9.17) is 7.85 Å². The lowest BCUT2D eigenvalue weighted by Crippen LogP contribution is -2.34. The van der Waals surface area contributed by atoms with Crippen LogP contribution in [0.5, 0.6) is 0 Å². The normalized spacial score (nSPS) is 11.7. The highest BCUT2D eigenvalue weighted by molar-refractivity contribution is 7.21. The highest BCUT2D eigenvalue weighted by atomic mass is 32.1. The van der Waals surface area contributed by atoms with Crippen molar-refractivity contribution in [3.8, 4) is 0 Å². The molecular formula is C9H11B2N4S2. The first-order valence-corrected chi connectivity index (χ1v) is 6.92. The molecule has 0 unspecified atom stereocenters. The van der Waals surface area contributed by atoms with Crippen molar-refractivity contribution in [2.45, 2.75) is 32.5 Å². The van der Waals surface area contributed by atoms with Gasteiger partial charge < -0.3 is 0 Å². The molecule has 3 radical (unpaired) electrons. The summed E-state index contributed by atoms with van der Waals surface area (Å²) in [6.45, 7) is 6.21. The highest BCUT2D eigenvalue weighted by Crippen LogP contribution is 2.22. The Labute approximate surface area is 111 Å². The molecule has 0 aliphatic heterocycles. The Morgan fingerprint density at radius 3 is 2.47 bits per heavy atom. The van der Waals surface area contributed by atoms with E-state index in [0.717, 1.165) is 21.3 Å². The van der Waals surface area contributed by atoms with Crippen molar-refractivity contribution < 1.29 is 0 Å². The van der Waals surface area contributed by atoms with Crippen molar-refractivity contribution in [2.24, 2.45) is 0 Å². The average molecular weight is 261 g/mol. The van der Waals surface area contributed by atoms with Crippen LogP contribution in [0.4, 0.5) is 0 Å². The molecule has 2 aromatic heterocycles. The number of aromatic nitrogens is 4. The van der Waals surface area contributed by atoms with E-state index in [2.05, 4.69) is 48.4 Å². The summed E-state index contributed by atoms with van der Waals surface area (Å²) < 4.78 is 0. The van der Waals surface area contributed by atoms with Crippen LogP contribution in [-0.4, -0.2) is 35.5 Å². The molecule has 0 saturated heterocycles. The van der Waals surface area contributed by atoms with Crippen molar-refractivity contribution >= 4 is 47.6 Å². The first kappa shape index (κ1) is 12.7. The van der Waals surface area contributed by atoms with Gasteiger partial charge >= 0.3 is 0 Å². The molecule has 0 spiro atoms. The molecule has 0 aliphatic carbocycles. The van der Waals surface area contributed by atoms with E-state index in [1.54, 1.807) is 11.3 Å². The van der Waals surface area contributed by atoms with Crippen LogP contribution in [0.15, 0.2) is 0 Å². The summed E-state index contributed by atoms with van der Waals surface area (Å²) in [6, 6.07) is 0. The van der Waals surface area contributed by atoms with Crippen molar-refractivity contribution in [3.63, 3.8) is 0 Å². The molecule has 85 valence electrons. The molecule has 0 aromatic carbocycles. The van der Waals surface area contributed by atoms with Crippen LogP contribution >= 0.6 is 22.7 Å². The van der Waals surface area contributed by atoms with Crippen LogP contribution in [0.1, 0.15) is 30.8 Å². The summed E-state index contributed by atoms with van der Waals surface area (Å²) in [7, 11) is 7.66. The van der Waals surface area contributed by atoms with Crippen LogP contribution in [0.25, 0.3) is 0 Å². The van der Waals surface area contributed by atoms with Gasteiger partial charge in [-0.1, -0.05) is 20.8 Å². The molecule has 2 heterocycles. The molecule has 0 fully saturated rings. The van der Waals surface area contributed by atoms with E-state index >= 15 is 0 Å². The first-order valence-electron chi connectivity index (χ1n) is 5.29. The van der Waals surface area contributed by atoms with Gasteiger partial charge in [0.2, 0.25) is 7.28 Å². The SMILES string of the molecule is [B]c1nnc(C(C)(C)[B]c2nnc(CC)s2)s1. The number of hydrogen-bond acceptors (Lipinski definition) is 6. The van der Waals surface area contributed by atoms with Gasteiger partial charge in [0.1, 0.15) is 10.0 Å². The minimum atomic E-state index is -0.222. The molecule has 0 bridgehead atoms. The number of hydrogen-bond donors (Lipinski definition) is 0. The number of rotatable bonds is 4. The summed E-state index contributed by atoms with van der Waals surface area (Å²) >= 11 is 3.02. The quantitative estimate of drug-likeness (QED) is 0.727. The molecule has 2 rings (SSSR count). The molecule has 0 atom stereocenters. The molecule has 0 saturated carbocycles. The number of nitrogens with zero attached hydrogens (tertiary/aromatic N) is 4. The van der Waals surface area contributed by atoms with Gasteiger partial charge in [0, 0.05) is 0 Å². The lowest BCUT2D eigenvalue weighted by Gasteiger charge is -2.17. The zero-order valence-electron chi connectivity index (χ0n) is 9.97. The Balaban J connectivity index is 2.16. The second-order valence-electron chi connectivity index (χ2n) is 4.20. The van der Waals surface area contributed by atoms with Gasteiger partial charge in [0.15, 0.2) is 7.85 Å². The molecule has 0 N–H and O–H groups in total. The summed E-state index contributed by atoms with van der Waals surface area (Å²) in [5.74, 6) is 0. The zero-order chi connectivity index (χ0) is 12.5. The van der Waals surface area contributed by atoms with Crippen LogP contribution in [-0.2, 0) is 11.7 Å². The first-order chi connectivity index (χ1) is 8.01. The fourth-order valence-electron chi connectivity index (χ4n) is 1.33. The maximum Gasteiger partial charge on any atom is 0.209 e. The van der Waals surface area contributed by atoms with Crippen LogP contribution < -0.4 is 9.81 Å². The van der Waals surface area contributed by atoms with Crippen LogP contribution in [0.2, 0.25) is 0 Å². The highest BCUT2D eigenvalue weighted by Gasteiger charge is 2.28. The van der Waals surface area contributed by atoms with E-state index < -0.39 is 0 Å². The lowest BCUT2D eigenvalue weighted by molar-refractivity contribution is 0.730. The monoisotopic (exact) mass is 261 g/mol. The largest absolute Gasteiger partial charge is 0.209 e. The smallest absolute Gasteiger partial charge is 0.156 e. The summed E-state index contributed by atoms with van der Waals surface area (Å²) in [5, 5.41) is 17.9. The van der Waals surface area contributed by atoms with Gasteiger partial charge in [-0.2, -0.15) is 10.2 Å². The second-order valence-corrected chi connectivity index (χ2v) is 6.30. The van der Waals surface area contributed by atoms with Crippen LogP contribution in [0.3, 0.4) is 0 Å². The predicted octanol–water partition coefficient (Wildman–Crippen LogP) is 0.0106. The van der Waals surface area contributed by atoms with E-state index in [0.29, 0.717) is 4.91 Å². The van der Waals surface area contributed by atoms with Gasteiger partial charge in [0.05, 0.1) is 9.81 Å². The topological polar surface area (TPSA) is 51.6 Å². The Kier molecular flexibility index (Phi) is 3.63. The van der Waals surface area contributed by atoms with E-state index in [1.165, 1.54) is 11.3 Å². The van der Waals surface area contributed by atoms with Gasteiger partial charge in [0.25, 0.3) is 0 Å². The third kappa shape index (κ3) is 2.93. The Morgan fingerprint density at radius 2 is 1.94 bits per heavy atom. The maximum absolute atomic E-state index is 5.60. The van der Waals surface area contributed by atoms with Crippen molar-refractivity contribution in [1.82, 2.24) is 20.4 Å². The van der Waals surface area contributed by atoms with Gasteiger partial charge in [-0.15, -0.1) is 32.9 Å². The van der Waals surface area contributed by atoms with Gasteiger partial charge in [-0.3, -0.25) is 0 Å². The average Bonchev–Trinajstić information content (AvgIpc) is 2.86. The molecule has 4 nitrogen and oxygen atoms in total. The lowest BCUT2D eigenvalue weighted by atomic mass is 9.55. The molecule has 17 heavy (non-hydrogen) atoms. The summed E-state index contributed by atoms with van der Waals surface area (Å²) in [5.41, 5.74) is 0. The van der Waals surface area contributed by atoms with Gasteiger partial charge in [-0.05, 0) is 11.7 Å². The van der Waals surface area contributed by atoms with Crippen molar-refractivity contribution in [2.75, 3.05) is 0 Å². The van der Waals surface area contributed by atoms with Crippen molar-refractivity contribution in [1.29, 1.82) is 0 Å². The third-order valence-electron chi connectivity index (χ3n) is 2.26. The summed E-state index contributed by atoms with van der Waals surface area (Å²) in [4.78, 5) is 1.41. The van der Waals surface area contributed by atoms with Gasteiger partial charge in [-0.25, -0.2) is 0 Å². The standard InChI is InChI=1S/C9H11B2N4S2/c1-4-5-12-15-8(16-5)11-9(2,3)6-13-14-7(10)17-6/h4H2,1-3H3. The van der Waals surface area contributed by atoms with Crippen LogP contribution in [0, 0.1) is 0 Å². The second kappa shape index (κ2) is 4.86. The number of aryl methyl sites for hydroxylation is 1.